The summed E-state index contributed by atoms with van der Waals surface area (Å²) in [7, 11) is -0.460. The minimum absolute atomic E-state index is 0.117. The molecule has 4 aliphatic rings. The van der Waals surface area contributed by atoms with Gasteiger partial charge < -0.3 is 5.32 Å². The lowest BCUT2D eigenvalue weighted by atomic mass is 9.49. The second-order valence-electron chi connectivity index (χ2n) is 9.24. The van der Waals surface area contributed by atoms with Crippen LogP contribution in [0.4, 0.5) is 0 Å². The van der Waals surface area contributed by atoms with Crippen LogP contribution in [0.1, 0.15) is 55.3 Å². The van der Waals surface area contributed by atoms with Crippen LogP contribution in [0.5, 0.6) is 0 Å². The van der Waals surface area contributed by atoms with Gasteiger partial charge in [0.2, 0.25) is 10.0 Å². The Labute approximate surface area is 162 Å². The third-order valence-corrected chi connectivity index (χ3v) is 8.83. The number of hydrogen-bond acceptors (Lipinski definition) is 3. The molecule has 0 saturated heterocycles. The number of benzene rings is 1. The molecule has 27 heavy (non-hydrogen) atoms. The van der Waals surface area contributed by atoms with Crippen molar-refractivity contribution in [2.45, 2.75) is 49.8 Å². The average Bonchev–Trinajstić information content (AvgIpc) is 2.60. The lowest BCUT2D eigenvalue weighted by Gasteiger charge is -2.57. The van der Waals surface area contributed by atoms with Crippen LogP contribution in [0.25, 0.3) is 0 Å². The van der Waals surface area contributed by atoms with Crippen molar-refractivity contribution in [3.63, 3.8) is 0 Å². The van der Waals surface area contributed by atoms with E-state index in [4.69, 9.17) is 0 Å². The molecule has 5 nitrogen and oxygen atoms in total. The first-order valence-corrected chi connectivity index (χ1v) is 11.5. The number of nitrogens with zero attached hydrogens (tertiary/aromatic N) is 1. The quantitative estimate of drug-likeness (QED) is 0.811. The molecule has 148 valence electrons. The molecule has 0 aliphatic heterocycles. The Morgan fingerprint density at radius 1 is 1.04 bits per heavy atom. The molecule has 4 bridgehead atoms. The highest BCUT2D eigenvalue weighted by atomic mass is 32.2. The van der Waals surface area contributed by atoms with E-state index in [0.717, 1.165) is 24.2 Å². The molecule has 4 aliphatic carbocycles. The number of carbonyl (C=O) groups is 1. The average molecular weight is 391 g/mol. The standard InChI is InChI=1S/C21H30N2O3S/c1-23(2)27(25,26)19-5-3-18(4-6-19)20(24)22-8-7-21-12-15-9-16(13-21)11-17(10-15)14-21/h3-6,15-17H,7-14H2,1-2H3,(H,22,24). The first kappa shape index (κ1) is 18.9. The molecule has 1 aromatic rings. The van der Waals surface area contributed by atoms with E-state index in [2.05, 4.69) is 5.32 Å². The zero-order valence-corrected chi connectivity index (χ0v) is 17.1. The van der Waals surface area contributed by atoms with Gasteiger partial charge in [0, 0.05) is 26.2 Å². The van der Waals surface area contributed by atoms with E-state index in [9.17, 15) is 13.2 Å². The van der Waals surface area contributed by atoms with E-state index in [-0.39, 0.29) is 10.8 Å². The lowest BCUT2D eigenvalue weighted by Crippen LogP contribution is -2.47. The van der Waals surface area contributed by atoms with Crippen molar-refractivity contribution in [2.75, 3.05) is 20.6 Å². The van der Waals surface area contributed by atoms with Crippen LogP contribution in [-0.2, 0) is 10.0 Å². The third kappa shape index (κ3) is 3.66. The van der Waals surface area contributed by atoms with Gasteiger partial charge in [0.1, 0.15) is 0 Å². The number of nitrogens with one attached hydrogen (secondary N) is 1. The molecule has 0 spiro atoms. The highest BCUT2D eigenvalue weighted by Crippen LogP contribution is 2.61. The number of rotatable bonds is 6. The van der Waals surface area contributed by atoms with E-state index in [1.54, 1.807) is 12.1 Å². The van der Waals surface area contributed by atoms with Crippen LogP contribution in [0.3, 0.4) is 0 Å². The van der Waals surface area contributed by atoms with Crippen LogP contribution >= 0.6 is 0 Å². The van der Waals surface area contributed by atoms with Crippen molar-refractivity contribution in [3.8, 4) is 0 Å². The van der Waals surface area contributed by atoms with Gasteiger partial charge in [0.15, 0.2) is 0 Å². The van der Waals surface area contributed by atoms with Crippen molar-refractivity contribution in [1.82, 2.24) is 9.62 Å². The smallest absolute Gasteiger partial charge is 0.251 e. The SMILES string of the molecule is CN(C)S(=O)(=O)c1ccc(C(=O)NCCC23CC4CC(CC(C4)C2)C3)cc1. The van der Waals surface area contributed by atoms with Crippen molar-refractivity contribution in [1.29, 1.82) is 0 Å². The van der Waals surface area contributed by atoms with Crippen LogP contribution in [0.2, 0.25) is 0 Å². The zero-order valence-electron chi connectivity index (χ0n) is 16.3. The summed E-state index contributed by atoms with van der Waals surface area (Å²) in [5, 5.41) is 3.06. The van der Waals surface area contributed by atoms with E-state index >= 15 is 0 Å². The molecule has 1 N–H and O–H groups in total. The maximum Gasteiger partial charge on any atom is 0.251 e. The Morgan fingerprint density at radius 3 is 2.04 bits per heavy atom. The molecule has 6 heteroatoms. The molecule has 0 atom stereocenters. The molecule has 4 fully saturated rings. The van der Waals surface area contributed by atoms with Gasteiger partial charge in [-0.25, -0.2) is 12.7 Å². The van der Waals surface area contributed by atoms with Gasteiger partial charge in [-0.15, -0.1) is 0 Å². The van der Waals surface area contributed by atoms with E-state index < -0.39 is 10.0 Å². The van der Waals surface area contributed by atoms with E-state index in [1.165, 1.54) is 69.1 Å². The molecule has 0 unspecified atom stereocenters. The lowest BCUT2D eigenvalue weighted by molar-refractivity contribution is -0.0564. The largest absolute Gasteiger partial charge is 0.352 e. The molecule has 5 rings (SSSR count). The maximum atomic E-state index is 12.5. The van der Waals surface area contributed by atoms with Crippen LogP contribution in [0.15, 0.2) is 29.2 Å². The normalized spacial score (nSPS) is 32.0. The van der Waals surface area contributed by atoms with Gasteiger partial charge >= 0.3 is 0 Å². The minimum Gasteiger partial charge on any atom is -0.352 e. The topological polar surface area (TPSA) is 66.5 Å². The number of amides is 1. The molecule has 1 aromatic carbocycles. The summed E-state index contributed by atoms with van der Waals surface area (Å²) in [6.45, 7) is 0.711. The molecule has 1 amide bonds. The summed E-state index contributed by atoms with van der Waals surface area (Å²) in [5.41, 5.74) is 0.976. The molecular formula is C21H30N2O3S. The highest BCUT2D eigenvalue weighted by molar-refractivity contribution is 7.89. The molecule has 4 saturated carbocycles. The van der Waals surface area contributed by atoms with Crippen molar-refractivity contribution < 1.29 is 13.2 Å². The Morgan fingerprint density at radius 2 is 1.56 bits per heavy atom. The highest BCUT2D eigenvalue weighted by Gasteiger charge is 2.50. The second kappa shape index (κ2) is 6.89. The monoisotopic (exact) mass is 390 g/mol. The molecule has 0 radical (unpaired) electrons. The summed E-state index contributed by atoms with van der Waals surface area (Å²) in [6, 6.07) is 6.19. The third-order valence-electron chi connectivity index (χ3n) is 7.00. The van der Waals surface area contributed by atoms with E-state index in [1.807, 2.05) is 0 Å². The van der Waals surface area contributed by atoms with Gasteiger partial charge in [0.25, 0.3) is 5.91 Å². The van der Waals surface area contributed by atoms with Crippen LogP contribution in [-0.4, -0.2) is 39.3 Å². The Hall–Kier alpha value is -1.40. The molecule has 0 aromatic heterocycles. The summed E-state index contributed by atoms with van der Waals surface area (Å²) < 4.78 is 25.4. The first-order chi connectivity index (χ1) is 12.8. The summed E-state index contributed by atoms with van der Waals surface area (Å²) in [4.78, 5) is 12.7. The van der Waals surface area contributed by atoms with E-state index in [0.29, 0.717) is 17.5 Å². The van der Waals surface area contributed by atoms with Crippen molar-refractivity contribution in [2.24, 2.45) is 23.2 Å². The zero-order chi connectivity index (χ0) is 19.2. The van der Waals surface area contributed by atoms with Crippen LogP contribution < -0.4 is 5.32 Å². The Bertz CT molecular complexity index is 779. The van der Waals surface area contributed by atoms with Gasteiger partial charge in [-0.05, 0) is 92.4 Å². The maximum absolute atomic E-state index is 12.5. The van der Waals surface area contributed by atoms with Crippen molar-refractivity contribution >= 4 is 15.9 Å². The predicted octanol–water partition coefficient (Wildman–Crippen LogP) is 3.27. The van der Waals surface area contributed by atoms with Crippen molar-refractivity contribution in [3.05, 3.63) is 29.8 Å². The van der Waals surface area contributed by atoms with Gasteiger partial charge in [-0.3, -0.25) is 4.79 Å². The summed E-state index contributed by atoms with van der Waals surface area (Å²) in [5.74, 6) is 2.67. The van der Waals surface area contributed by atoms with Gasteiger partial charge in [-0.1, -0.05) is 0 Å². The number of carbonyl (C=O) groups excluding carboxylic acids is 1. The fourth-order valence-electron chi connectivity index (χ4n) is 6.13. The minimum atomic E-state index is -3.46. The second-order valence-corrected chi connectivity index (χ2v) is 11.4. The van der Waals surface area contributed by atoms with Gasteiger partial charge in [0.05, 0.1) is 4.90 Å². The summed E-state index contributed by atoms with van der Waals surface area (Å²) >= 11 is 0. The summed E-state index contributed by atoms with van der Waals surface area (Å²) in [6.07, 6.45) is 9.45. The Kier molecular flexibility index (Phi) is 4.83. The fraction of sp³-hybridized carbons (Fsp3) is 0.667. The Balaban J connectivity index is 1.34. The molecular weight excluding hydrogens is 360 g/mol. The predicted molar refractivity (Wildman–Crippen MR) is 105 cm³/mol. The van der Waals surface area contributed by atoms with Crippen LogP contribution in [0, 0.1) is 23.2 Å². The number of sulfonamides is 1. The fourth-order valence-corrected chi connectivity index (χ4v) is 7.03. The van der Waals surface area contributed by atoms with Gasteiger partial charge in [-0.2, -0.15) is 0 Å². The number of hydrogen-bond donors (Lipinski definition) is 1. The first-order valence-electron chi connectivity index (χ1n) is 10.1. The molecule has 0 heterocycles.